The van der Waals surface area contributed by atoms with Crippen LogP contribution in [0.15, 0.2) is 18.2 Å². The highest BCUT2D eigenvalue weighted by molar-refractivity contribution is 6.35. The van der Waals surface area contributed by atoms with Gasteiger partial charge in [0, 0.05) is 36.2 Å². The zero-order valence-corrected chi connectivity index (χ0v) is 10.9. The van der Waals surface area contributed by atoms with E-state index in [0.717, 1.165) is 42.7 Å². The van der Waals surface area contributed by atoms with E-state index in [1.165, 1.54) is 0 Å². The molecule has 1 aromatic rings. The fourth-order valence-corrected chi connectivity index (χ4v) is 2.39. The van der Waals surface area contributed by atoms with E-state index in [2.05, 4.69) is 17.3 Å². The lowest BCUT2D eigenvalue weighted by Gasteiger charge is -2.31. The monoisotopic (exact) mass is 258 g/mol. The van der Waals surface area contributed by atoms with Gasteiger partial charge in [0.1, 0.15) is 0 Å². The Bertz CT molecular complexity index is 364. The number of hydrogen-bond acceptors (Lipinski definition) is 2. The molecule has 1 fully saturated rings. The van der Waals surface area contributed by atoms with Gasteiger partial charge in [-0.3, -0.25) is 0 Å². The topological polar surface area (TPSA) is 15.3 Å². The van der Waals surface area contributed by atoms with Crippen LogP contribution in [0.5, 0.6) is 0 Å². The molecule has 2 rings (SSSR count). The van der Waals surface area contributed by atoms with Gasteiger partial charge in [-0.2, -0.15) is 0 Å². The second kappa shape index (κ2) is 5.37. The largest absolute Gasteiger partial charge is 0.316 e. The molecule has 0 aromatic heterocycles. The molecule has 1 saturated heterocycles. The number of nitrogens with zero attached hydrogens (tertiary/aromatic N) is 1. The van der Waals surface area contributed by atoms with Crippen LogP contribution in [-0.2, 0) is 6.54 Å². The van der Waals surface area contributed by atoms with E-state index in [9.17, 15) is 0 Å². The Labute approximate surface area is 107 Å². The molecule has 0 bridgehead atoms. The molecule has 1 heterocycles. The minimum Gasteiger partial charge on any atom is -0.316 e. The normalized spacial score (nSPS) is 16.5. The molecule has 0 unspecified atom stereocenters. The quantitative estimate of drug-likeness (QED) is 0.894. The van der Waals surface area contributed by atoms with E-state index in [1.807, 2.05) is 12.1 Å². The van der Waals surface area contributed by atoms with Crippen LogP contribution in [0.2, 0.25) is 10.0 Å². The van der Waals surface area contributed by atoms with E-state index in [-0.39, 0.29) is 0 Å². The zero-order chi connectivity index (χ0) is 11.5. The van der Waals surface area contributed by atoms with Crippen molar-refractivity contribution in [3.8, 4) is 0 Å². The lowest BCUT2D eigenvalue weighted by Crippen LogP contribution is -2.47. The number of hydrogen-bond donors (Lipinski definition) is 1. The van der Waals surface area contributed by atoms with Gasteiger partial charge in [-0.05, 0) is 30.7 Å². The van der Waals surface area contributed by atoms with Crippen molar-refractivity contribution in [2.45, 2.75) is 6.54 Å². The Kier molecular flexibility index (Phi) is 4.09. The van der Waals surface area contributed by atoms with Crippen molar-refractivity contribution >= 4 is 23.2 Å². The van der Waals surface area contributed by atoms with E-state index in [1.54, 1.807) is 6.07 Å². The van der Waals surface area contributed by atoms with Gasteiger partial charge in [-0.1, -0.05) is 29.3 Å². The molecule has 0 spiro atoms. The number of benzene rings is 1. The summed E-state index contributed by atoms with van der Waals surface area (Å²) in [6.07, 6.45) is 0. The van der Waals surface area contributed by atoms with Crippen LogP contribution < -0.4 is 5.32 Å². The fourth-order valence-electron chi connectivity index (χ4n) is 1.92. The Hall–Kier alpha value is -0.280. The highest BCUT2D eigenvalue weighted by Gasteiger charge is 2.18. The SMILES string of the molecule is CN(Cc1ccc(Cl)cc1Cl)CC1CNC1. The van der Waals surface area contributed by atoms with Crippen LogP contribution in [0.1, 0.15) is 5.56 Å². The first-order valence-electron chi connectivity index (χ1n) is 5.48. The van der Waals surface area contributed by atoms with Crippen LogP contribution in [0, 0.1) is 5.92 Å². The lowest BCUT2D eigenvalue weighted by molar-refractivity contribution is 0.219. The third-order valence-electron chi connectivity index (χ3n) is 2.89. The summed E-state index contributed by atoms with van der Waals surface area (Å²) in [6.45, 7) is 4.27. The van der Waals surface area contributed by atoms with Gasteiger partial charge in [-0.15, -0.1) is 0 Å². The third kappa shape index (κ3) is 3.11. The Balaban J connectivity index is 1.91. The second-order valence-corrected chi connectivity index (χ2v) is 5.30. The van der Waals surface area contributed by atoms with Crippen LogP contribution in [0.25, 0.3) is 0 Å². The molecule has 0 amide bonds. The number of rotatable bonds is 4. The summed E-state index contributed by atoms with van der Waals surface area (Å²) in [7, 11) is 2.13. The summed E-state index contributed by atoms with van der Waals surface area (Å²) < 4.78 is 0. The van der Waals surface area contributed by atoms with Gasteiger partial charge in [0.25, 0.3) is 0 Å². The molecule has 16 heavy (non-hydrogen) atoms. The van der Waals surface area contributed by atoms with E-state index >= 15 is 0 Å². The summed E-state index contributed by atoms with van der Waals surface area (Å²) in [5.41, 5.74) is 1.14. The van der Waals surface area contributed by atoms with Gasteiger partial charge >= 0.3 is 0 Å². The van der Waals surface area contributed by atoms with Crippen molar-refractivity contribution in [3.63, 3.8) is 0 Å². The van der Waals surface area contributed by atoms with Crippen molar-refractivity contribution in [1.82, 2.24) is 10.2 Å². The first-order chi connectivity index (χ1) is 7.65. The summed E-state index contributed by atoms with van der Waals surface area (Å²) in [6, 6.07) is 5.69. The molecule has 1 aliphatic heterocycles. The van der Waals surface area contributed by atoms with Crippen molar-refractivity contribution in [2.75, 3.05) is 26.7 Å². The summed E-state index contributed by atoms with van der Waals surface area (Å²) in [5, 5.41) is 4.73. The summed E-state index contributed by atoms with van der Waals surface area (Å²) >= 11 is 12.0. The molecule has 0 aliphatic carbocycles. The predicted molar refractivity (Wildman–Crippen MR) is 69.2 cm³/mol. The Morgan fingerprint density at radius 1 is 1.38 bits per heavy atom. The van der Waals surface area contributed by atoms with Gasteiger partial charge in [0.2, 0.25) is 0 Å². The predicted octanol–water partition coefficient (Wildman–Crippen LogP) is 2.64. The highest BCUT2D eigenvalue weighted by Crippen LogP contribution is 2.22. The molecule has 2 nitrogen and oxygen atoms in total. The maximum Gasteiger partial charge on any atom is 0.0465 e. The molecule has 1 N–H and O–H groups in total. The van der Waals surface area contributed by atoms with Gasteiger partial charge in [0.15, 0.2) is 0 Å². The van der Waals surface area contributed by atoms with Gasteiger partial charge in [0.05, 0.1) is 0 Å². The fraction of sp³-hybridized carbons (Fsp3) is 0.500. The Morgan fingerprint density at radius 3 is 2.69 bits per heavy atom. The second-order valence-electron chi connectivity index (χ2n) is 4.46. The minimum atomic E-state index is 0.694. The first kappa shape index (κ1) is 12.2. The van der Waals surface area contributed by atoms with Crippen molar-refractivity contribution in [2.24, 2.45) is 5.92 Å². The van der Waals surface area contributed by atoms with Crippen LogP contribution in [-0.4, -0.2) is 31.6 Å². The smallest absolute Gasteiger partial charge is 0.0465 e. The zero-order valence-electron chi connectivity index (χ0n) is 9.34. The van der Waals surface area contributed by atoms with E-state index < -0.39 is 0 Å². The Morgan fingerprint density at radius 2 is 2.12 bits per heavy atom. The molecule has 1 aliphatic rings. The average molecular weight is 259 g/mol. The maximum absolute atomic E-state index is 6.13. The van der Waals surface area contributed by atoms with Gasteiger partial charge in [-0.25, -0.2) is 0 Å². The van der Waals surface area contributed by atoms with E-state index in [4.69, 9.17) is 23.2 Å². The first-order valence-corrected chi connectivity index (χ1v) is 6.24. The number of halogens is 2. The third-order valence-corrected chi connectivity index (χ3v) is 3.48. The van der Waals surface area contributed by atoms with Crippen molar-refractivity contribution < 1.29 is 0 Å². The summed E-state index contributed by atoms with van der Waals surface area (Å²) in [4.78, 5) is 2.31. The molecular weight excluding hydrogens is 243 g/mol. The molecule has 1 aromatic carbocycles. The summed E-state index contributed by atoms with van der Waals surface area (Å²) in [5.74, 6) is 0.788. The number of nitrogens with one attached hydrogen (secondary N) is 1. The van der Waals surface area contributed by atoms with E-state index in [0.29, 0.717) is 5.02 Å². The average Bonchev–Trinajstić information content (AvgIpc) is 2.16. The minimum absolute atomic E-state index is 0.694. The lowest BCUT2D eigenvalue weighted by atomic mass is 10.0. The van der Waals surface area contributed by atoms with Gasteiger partial charge < -0.3 is 10.2 Å². The molecule has 4 heteroatoms. The van der Waals surface area contributed by atoms with Crippen LogP contribution >= 0.6 is 23.2 Å². The van der Waals surface area contributed by atoms with Crippen LogP contribution in [0.4, 0.5) is 0 Å². The molecule has 0 radical (unpaired) electrons. The highest BCUT2D eigenvalue weighted by atomic mass is 35.5. The standard InChI is InChI=1S/C12H16Cl2N2/c1-16(7-9-5-15-6-9)8-10-2-3-11(13)4-12(10)14/h2-4,9,15H,5-8H2,1H3. The molecule has 88 valence electrons. The molecular formula is C12H16Cl2N2. The van der Waals surface area contributed by atoms with Crippen molar-refractivity contribution in [1.29, 1.82) is 0 Å². The van der Waals surface area contributed by atoms with Crippen LogP contribution in [0.3, 0.4) is 0 Å². The maximum atomic E-state index is 6.13. The van der Waals surface area contributed by atoms with Crippen molar-refractivity contribution in [3.05, 3.63) is 33.8 Å². The molecule has 0 saturated carbocycles. The molecule has 0 atom stereocenters.